The Morgan fingerprint density at radius 1 is 0.952 bits per heavy atom. The fourth-order valence-corrected chi connectivity index (χ4v) is 2.68. The highest BCUT2D eigenvalue weighted by molar-refractivity contribution is 5.46. The molecule has 2 aromatic rings. The summed E-state index contributed by atoms with van der Waals surface area (Å²) in [5, 5.41) is 3.60. The van der Waals surface area contributed by atoms with Gasteiger partial charge in [0.05, 0.1) is 0 Å². The Morgan fingerprint density at radius 2 is 1.62 bits per heavy atom. The maximum atomic E-state index is 3.60. The molecule has 1 aliphatic carbocycles. The summed E-state index contributed by atoms with van der Waals surface area (Å²) in [6.07, 6.45) is 3.84. The van der Waals surface area contributed by atoms with Gasteiger partial charge in [0.15, 0.2) is 0 Å². The number of hydrogen-bond donors (Lipinski definition) is 1. The van der Waals surface area contributed by atoms with Crippen LogP contribution in [0.4, 0.5) is 5.69 Å². The summed E-state index contributed by atoms with van der Waals surface area (Å²) in [6.45, 7) is 2.06. The zero-order chi connectivity index (χ0) is 14.5. The Bertz CT molecular complexity index is 561. The van der Waals surface area contributed by atoms with Crippen LogP contribution in [0, 0.1) is 0 Å². The molecule has 0 radical (unpaired) electrons. The van der Waals surface area contributed by atoms with Crippen LogP contribution >= 0.6 is 0 Å². The maximum absolute atomic E-state index is 3.60. The summed E-state index contributed by atoms with van der Waals surface area (Å²) < 4.78 is 0. The predicted octanol–water partition coefficient (Wildman–Crippen LogP) is 3.62. The van der Waals surface area contributed by atoms with E-state index in [0.717, 1.165) is 25.6 Å². The van der Waals surface area contributed by atoms with Crippen LogP contribution in [-0.4, -0.2) is 19.6 Å². The third-order valence-corrected chi connectivity index (χ3v) is 4.13. The third kappa shape index (κ3) is 4.08. The molecule has 0 aromatic heterocycles. The third-order valence-electron chi connectivity index (χ3n) is 4.13. The summed E-state index contributed by atoms with van der Waals surface area (Å²) >= 11 is 0. The van der Waals surface area contributed by atoms with Gasteiger partial charge in [0.2, 0.25) is 0 Å². The molecule has 0 unspecified atom stereocenters. The molecule has 0 aliphatic heterocycles. The molecule has 0 amide bonds. The van der Waals surface area contributed by atoms with Crippen molar-refractivity contribution in [3.63, 3.8) is 0 Å². The monoisotopic (exact) mass is 280 g/mol. The smallest absolute Gasteiger partial charge is 0.0428 e. The first-order chi connectivity index (χ1) is 10.3. The molecule has 0 bridgehead atoms. The molecule has 2 nitrogen and oxygen atoms in total. The maximum Gasteiger partial charge on any atom is 0.0428 e. The number of rotatable bonds is 7. The standard InChI is InChI=1S/C19H24N2/c1-21(19-9-3-2-4-10-19)15-17-8-6-5-7-16(17)13-14-20-18-11-12-18/h2-10,18,20H,11-15H2,1H3. The second kappa shape index (κ2) is 6.77. The minimum absolute atomic E-state index is 0.796. The first kappa shape index (κ1) is 14.2. The summed E-state index contributed by atoms with van der Waals surface area (Å²) in [6, 6.07) is 20.2. The van der Waals surface area contributed by atoms with E-state index in [0.29, 0.717) is 0 Å². The first-order valence-corrected chi connectivity index (χ1v) is 7.89. The van der Waals surface area contributed by atoms with Gasteiger partial charge in [-0.3, -0.25) is 0 Å². The van der Waals surface area contributed by atoms with Crippen molar-refractivity contribution in [2.45, 2.75) is 31.8 Å². The molecule has 110 valence electrons. The lowest BCUT2D eigenvalue weighted by atomic mass is 10.0. The largest absolute Gasteiger partial charge is 0.370 e. The molecule has 21 heavy (non-hydrogen) atoms. The van der Waals surface area contributed by atoms with Crippen LogP contribution in [0.25, 0.3) is 0 Å². The van der Waals surface area contributed by atoms with Gasteiger partial charge in [0, 0.05) is 25.3 Å². The van der Waals surface area contributed by atoms with Crippen molar-refractivity contribution >= 4 is 5.69 Å². The second-order valence-electron chi connectivity index (χ2n) is 5.94. The first-order valence-electron chi connectivity index (χ1n) is 7.89. The van der Waals surface area contributed by atoms with Crippen molar-refractivity contribution in [2.24, 2.45) is 0 Å². The van der Waals surface area contributed by atoms with Crippen LogP contribution in [0.15, 0.2) is 54.6 Å². The van der Waals surface area contributed by atoms with Crippen molar-refractivity contribution in [1.82, 2.24) is 5.32 Å². The second-order valence-corrected chi connectivity index (χ2v) is 5.94. The van der Waals surface area contributed by atoms with Crippen LogP contribution in [0.2, 0.25) is 0 Å². The summed E-state index contributed by atoms with van der Waals surface area (Å²) in [7, 11) is 2.16. The average Bonchev–Trinajstić information content (AvgIpc) is 3.34. The summed E-state index contributed by atoms with van der Waals surface area (Å²) in [5.74, 6) is 0. The van der Waals surface area contributed by atoms with E-state index in [1.165, 1.54) is 29.7 Å². The molecule has 1 fully saturated rings. The Labute approximate surface area is 127 Å². The number of nitrogens with zero attached hydrogens (tertiary/aromatic N) is 1. The minimum atomic E-state index is 0.796. The molecule has 2 aromatic carbocycles. The number of para-hydroxylation sites is 1. The topological polar surface area (TPSA) is 15.3 Å². The van der Waals surface area contributed by atoms with E-state index in [1.807, 2.05) is 0 Å². The van der Waals surface area contributed by atoms with Gasteiger partial charge >= 0.3 is 0 Å². The molecule has 2 heteroatoms. The van der Waals surface area contributed by atoms with Gasteiger partial charge in [0.1, 0.15) is 0 Å². The van der Waals surface area contributed by atoms with E-state index >= 15 is 0 Å². The van der Waals surface area contributed by atoms with E-state index in [9.17, 15) is 0 Å². The number of hydrogen-bond acceptors (Lipinski definition) is 2. The van der Waals surface area contributed by atoms with Crippen LogP contribution < -0.4 is 10.2 Å². The lowest BCUT2D eigenvalue weighted by Gasteiger charge is -2.21. The van der Waals surface area contributed by atoms with Crippen LogP contribution in [0.1, 0.15) is 24.0 Å². The van der Waals surface area contributed by atoms with Gasteiger partial charge in [-0.25, -0.2) is 0 Å². The van der Waals surface area contributed by atoms with Gasteiger partial charge in [0.25, 0.3) is 0 Å². The van der Waals surface area contributed by atoms with Gasteiger partial charge in [-0.2, -0.15) is 0 Å². The van der Waals surface area contributed by atoms with E-state index in [1.54, 1.807) is 0 Å². The quantitative estimate of drug-likeness (QED) is 0.833. The fraction of sp³-hybridized carbons (Fsp3) is 0.368. The fourth-order valence-electron chi connectivity index (χ4n) is 2.68. The van der Waals surface area contributed by atoms with E-state index in [2.05, 4.69) is 71.9 Å². The van der Waals surface area contributed by atoms with Gasteiger partial charge in [-0.15, -0.1) is 0 Å². The zero-order valence-electron chi connectivity index (χ0n) is 12.8. The molecular weight excluding hydrogens is 256 g/mol. The van der Waals surface area contributed by atoms with Crippen molar-refractivity contribution in [3.8, 4) is 0 Å². The molecule has 1 saturated carbocycles. The molecule has 0 atom stereocenters. The summed E-state index contributed by atoms with van der Waals surface area (Å²) in [4.78, 5) is 2.31. The highest BCUT2D eigenvalue weighted by Gasteiger charge is 2.19. The Hall–Kier alpha value is -1.80. The SMILES string of the molecule is CN(Cc1ccccc1CCNC1CC1)c1ccccc1. The number of anilines is 1. The number of benzene rings is 2. The Balaban J connectivity index is 1.63. The molecular formula is C19H24N2. The van der Waals surface area contributed by atoms with Crippen molar-refractivity contribution < 1.29 is 0 Å². The molecule has 1 N–H and O–H groups in total. The van der Waals surface area contributed by atoms with E-state index in [-0.39, 0.29) is 0 Å². The highest BCUT2D eigenvalue weighted by Crippen LogP contribution is 2.20. The van der Waals surface area contributed by atoms with Gasteiger partial charge < -0.3 is 10.2 Å². The lowest BCUT2D eigenvalue weighted by Crippen LogP contribution is -2.21. The lowest BCUT2D eigenvalue weighted by molar-refractivity contribution is 0.678. The van der Waals surface area contributed by atoms with E-state index < -0.39 is 0 Å². The molecule has 0 heterocycles. The Kier molecular flexibility index (Phi) is 4.56. The van der Waals surface area contributed by atoms with Crippen LogP contribution in [-0.2, 0) is 13.0 Å². The Morgan fingerprint density at radius 3 is 2.33 bits per heavy atom. The molecule has 0 spiro atoms. The van der Waals surface area contributed by atoms with Crippen molar-refractivity contribution in [2.75, 3.05) is 18.5 Å². The van der Waals surface area contributed by atoms with Crippen LogP contribution in [0.5, 0.6) is 0 Å². The normalized spacial score (nSPS) is 14.1. The molecule has 1 aliphatic rings. The van der Waals surface area contributed by atoms with Crippen LogP contribution in [0.3, 0.4) is 0 Å². The average molecular weight is 280 g/mol. The minimum Gasteiger partial charge on any atom is -0.370 e. The number of nitrogens with one attached hydrogen (secondary N) is 1. The molecule has 3 rings (SSSR count). The van der Waals surface area contributed by atoms with Crippen molar-refractivity contribution in [3.05, 3.63) is 65.7 Å². The zero-order valence-corrected chi connectivity index (χ0v) is 12.8. The van der Waals surface area contributed by atoms with Gasteiger partial charge in [-0.1, -0.05) is 42.5 Å². The molecule has 0 saturated heterocycles. The predicted molar refractivity (Wildman–Crippen MR) is 89.7 cm³/mol. The van der Waals surface area contributed by atoms with E-state index in [4.69, 9.17) is 0 Å². The summed E-state index contributed by atoms with van der Waals surface area (Å²) in [5.41, 5.74) is 4.17. The van der Waals surface area contributed by atoms with Gasteiger partial charge in [-0.05, 0) is 49.1 Å². The van der Waals surface area contributed by atoms with Crippen molar-refractivity contribution in [1.29, 1.82) is 0 Å². The highest BCUT2D eigenvalue weighted by atomic mass is 15.1.